The zero-order valence-corrected chi connectivity index (χ0v) is 19.8. The van der Waals surface area contributed by atoms with E-state index in [2.05, 4.69) is 20.4 Å². The molecule has 0 bridgehead atoms. The van der Waals surface area contributed by atoms with Crippen molar-refractivity contribution in [3.63, 3.8) is 0 Å². The molecule has 0 aromatic carbocycles. The monoisotopic (exact) mass is 438 g/mol. The van der Waals surface area contributed by atoms with Gasteiger partial charge in [0.1, 0.15) is 23.9 Å². The zero-order valence-electron chi connectivity index (χ0n) is 19.8. The van der Waals surface area contributed by atoms with Crippen LogP contribution in [0.3, 0.4) is 0 Å². The first-order valence-electron chi connectivity index (χ1n) is 11.2. The van der Waals surface area contributed by atoms with Crippen molar-refractivity contribution in [2.45, 2.75) is 103 Å². The molecule has 0 aromatic heterocycles. The Balaban J connectivity index is 2.25. The number of aliphatic hydroxyl groups is 2. The van der Waals surface area contributed by atoms with Gasteiger partial charge in [-0.15, -0.1) is 6.58 Å². The third-order valence-corrected chi connectivity index (χ3v) is 8.29. The lowest BCUT2D eigenvalue weighted by atomic mass is 9.41. The highest BCUT2D eigenvalue weighted by Crippen LogP contribution is 2.66. The molecule has 0 amide bonds. The molecule has 3 aliphatic rings. The molecule has 1 aliphatic heterocycles. The van der Waals surface area contributed by atoms with Crippen molar-refractivity contribution in [2.24, 2.45) is 22.7 Å². The van der Waals surface area contributed by atoms with E-state index in [4.69, 9.17) is 14.2 Å². The molecular formula is C24H38O7. The van der Waals surface area contributed by atoms with Gasteiger partial charge in [0.15, 0.2) is 0 Å². The van der Waals surface area contributed by atoms with Gasteiger partial charge in [-0.25, -0.2) is 0 Å². The maximum Gasteiger partial charge on any atom is 0.302 e. The number of carbonyl (C=O) groups excluding carboxylic acids is 2. The fraction of sp³-hybridized carbons (Fsp3) is 0.833. The van der Waals surface area contributed by atoms with Gasteiger partial charge in [0.05, 0.1) is 11.7 Å². The van der Waals surface area contributed by atoms with Crippen LogP contribution in [0.4, 0.5) is 0 Å². The average molecular weight is 439 g/mol. The van der Waals surface area contributed by atoms with E-state index in [9.17, 15) is 19.8 Å². The van der Waals surface area contributed by atoms with Crippen molar-refractivity contribution < 1.29 is 34.0 Å². The summed E-state index contributed by atoms with van der Waals surface area (Å²) in [4.78, 5) is 24.1. The molecule has 3 rings (SSSR count). The second-order valence-corrected chi connectivity index (χ2v) is 11.0. The highest BCUT2D eigenvalue weighted by molar-refractivity contribution is 5.67. The summed E-state index contributed by atoms with van der Waals surface area (Å²) in [5.74, 6) is -1.74. The number of carbonyl (C=O) groups is 2. The van der Waals surface area contributed by atoms with Crippen LogP contribution in [0.2, 0.25) is 0 Å². The van der Waals surface area contributed by atoms with Gasteiger partial charge in [0.25, 0.3) is 0 Å². The second kappa shape index (κ2) is 7.56. The maximum atomic E-state index is 12.1. The molecule has 0 radical (unpaired) electrons. The van der Waals surface area contributed by atoms with Gasteiger partial charge >= 0.3 is 11.9 Å². The summed E-state index contributed by atoms with van der Waals surface area (Å²) in [5, 5.41) is 22.8. The first kappa shape index (κ1) is 24.2. The summed E-state index contributed by atoms with van der Waals surface area (Å²) < 4.78 is 18.1. The molecule has 0 unspecified atom stereocenters. The van der Waals surface area contributed by atoms with Crippen LogP contribution in [0.15, 0.2) is 12.7 Å². The lowest BCUT2D eigenvalue weighted by Gasteiger charge is -2.69. The van der Waals surface area contributed by atoms with Crippen LogP contribution in [0.1, 0.15) is 67.7 Å². The first-order chi connectivity index (χ1) is 14.1. The number of esters is 2. The molecule has 0 aromatic rings. The van der Waals surface area contributed by atoms with E-state index >= 15 is 0 Å². The molecule has 7 nitrogen and oxygen atoms in total. The smallest absolute Gasteiger partial charge is 0.302 e. The lowest BCUT2D eigenvalue weighted by molar-refractivity contribution is -0.353. The van der Waals surface area contributed by atoms with Crippen LogP contribution >= 0.6 is 0 Å². The predicted octanol–water partition coefficient (Wildman–Crippen LogP) is 2.77. The van der Waals surface area contributed by atoms with E-state index in [-0.39, 0.29) is 5.41 Å². The molecule has 176 valence electrons. The van der Waals surface area contributed by atoms with E-state index in [1.165, 1.54) is 13.8 Å². The van der Waals surface area contributed by atoms with Crippen LogP contribution in [0, 0.1) is 22.7 Å². The van der Waals surface area contributed by atoms with Gasteiger partial charge in [-0.2, -0.15) is 0 Å². The third kappa shape index (κ3) is 3.62. The van der Waals surface area contributed by atoms with Crippen LogP contribution in [0.5, 0.6) is 0 Å². The molecule has 2 aliphatic carbocycles. The number of aliphatic hydroxyl groups excluding tert-OH is 2. The standard InChI is InChI=1S/C24H38O7/c1-9-22(6)12-15(29-13(2)25)18-23(7)16(30-14(3)26)10-11-21(4,5)19(23)17(27)20(28)24(18,8)31-22/h9,15-20,27-28H,1,10-12H2,2-8H3/t15-,16-,17+,18-,19+,20+,22+,23-,24+/m1/s1. The number of fused-ring (bicyclic) bond motifs is 3. The van der Waals surface area contributed by atoms with E-state index in [0.29, 0.717) is 12.8 Å². The molecule has 1 saturated heterocycles. The van der Waals surface area contributed by atoms with Gasteiger partial charge in [-0.05, 0) is 32.1 Å². The molecule has 0 spiro atoms. The predicted molar refractivity (Wildman–Crippen MR) is 114 cm³/mol. The Bertz CT molecular complexity index is 763. The largest absolute Gasteiger partial charge is 0.462 e. The topological polar surface area (TPSA) is 102 Å². The van der Waals surface area contributed by atoms with Gasteiger partial charge < -0.3 is 24.4 Å². The summed E-state index contributed by atoms with van der Waals surface area (Å²) in [5.41, 5.74) is -3.26. The third-order valence-electron chi connectivity index (χ3n) is 8.29. The molecule has 2 N–H and O–H groups in total. The molecule has 3 fully saturated rings. The van der Waals surface area contributed by atoms with Crippen molar-refractivity contribution in [2.75, 3.05) is 0 Å². The first-order valence-corrected chi connectivity index (χ1v) is 11.2. The highest BCUT2D eigenvalue weighted by Gasteiger charge is 2.73. The van der Waals surface area contributed by atoms with E-state index < -0.39 is 64.8 Å². The number of hydrogen-bond donors (Lipinski definition) is 2. The van der Waals surface area contributed by atoms with Gasteiger partial charge in [-0.3, -0.25) is 9.59 Å². The fourth-order valence-corrected chi connectivity index (χ4v) is 7.35. The fourth-order valence-electron chi connectivity index (χ4n) is 7.35. The molecule has 31 heavy (non-hydrogen) atoms. The number of hydrogen-bond acceptors (Lipinski definition) is 7. The Kier molecular flexibility index (Phi) is 5.91. The Labute approximate surface area is 185 Å². The normalized spacial score (nSPS) is 48.7. The SMILES string of the molecule is C=C[C@@]1(C)C[C@@H](OC(C)=O)[C@H]2[C@](C)(O1)[C@@H](O)[C@@H](O)[C@H]1C(C)(C)CC[C@@H](OC(C)=O)[C@@]12C. The van der Waals surface area contributed by atoms with Crippen LogP contribution < -0.4 is 0 Å². The van der Waals surface area contributed by atoms with E-state index in [1.54, 1.807) is 13.0 Å². The van der Waals surface area contributed by atoms with Crippen LogP contribution in [-0.2, 0) is 23.8 Å². The molecule has 7 heteroatoms. The average Bonchev–Trinajstić information content (AvgIpc) is 2.61. The van der Waals surface area contributed by atoms with Crippen molar-refractivity contribution in [3.05, 3.63) is 12.7 Å². The Morgan fingerprint density at radius 3 is 2.13 bits per heavy atom. The number of ether oxygens (including phenoxy) is 3. The Hall–Kier alpha value is -1.44. The lowest BCUT2D eigenvalue weighted by Crippen LogP contribution is -2.78. The summed E-state index contributed by atoms with van der Waals surface area (Å²) in [6.07, 6.45) is -0.109. The molecular weight excluding hydrogens is 400 g/mol. The minimum Gasteiger partial charge on any atom is -0.462 e. The second-order valence-electron chi connectivity index (χ2n) is 11.0. The summed E-state index contributed by atoms with van der Waals surface area (Å²) >= 11 is 0. The summed E-state index contributed by atoms with van der Waals surface area (Å²) in [7, 11) is 0. The van der Waals surface area contributed by atoms with Gasteiger partial charge in [-0.1, -0.05) is 26.8 Å². The van der Waals surface area contributed by atoms with Crippen molar-refractivity contribution in [1.82, 2.24) is 0 Å². The minimum absolute atomic E-state index is 0.340. The van der Waals surface area contributed by atoms with Crippen molar-refractivity contribution in [3.8, 4) is 0 Å². The highest BCUT2D eigenvalue weighted by atomic mass is 16.6. The van der Waals surface area contributed by atoms with Gasteiger partial charge in [0, 0.05) is 37.5 Å². The molecule has 9 atom stereocenters. The van der Waals surface area contributed by atoms with Crippen molar-refractivity contribution in [1.29, 1.82) is 0 Å². The summed E-state index contributed by atoms with van der Waals surface area (Å²) in [6, 6.07) is 0. The van der Waals surface area contributed by atoms with Crippen LogP contribution in [-0.4, -0.2) is 57.8 Å². The van der Waals surface area contributed by atoms with Gasteiger partial charge in [0.2, 0.25) is 0 Å². The maximum absolute atomic E-state index is 12.1. The molecule has 2 saturated carbocycles. The number of rotatable bonds is 3. The zero-order chi connectivity index (χ0) is 23.6. The Morgan fingerprint density at radius 1 is 1.03 bits per heavy atom. The quantitative estimate of drug-likeness (QED) is 0.516. The van der Waals surface area contributed by atoms with E-state index in [0.717, 1.165) is 6.42 Å². The Morgan fingerprint density at radius 2 is 1.61 bits per heavy atom. The molecule has 1 heterocycles. The van der Waals surface area contributed by atoms with E-state index in [1.807, 2.05) is 13.8 Å². The van der Waals surface area contributed by atoms with Crippen LogP contribution in [0.25, 0.3) is 0 Å². The summed E-state index contributed by atoms with van der Waals surface area (Å²) in [6.45, 7) is 16.3. The minimum atomic E-state index is -1.25. The van der Waals surface area contributed by atoms with Crippen molar-refractivity contribution >= 4 is 11.9 Å².